The van der Waals surface area contributed by atoms with Crippen LogP contribution in [0.25, 0.3) is 0 Å². The first-order valence-electron chi connectivity index (χ1n) is 8.24. The molecule has 0 saturated carbocycles. The number of thiophene rings is 1. The molecule has 1 atom stereocenters. The maximum atomic E-state index is 11.6. The molecule has 0 bridgehead atoms. The van der Waals surface area contributed by atoms with E-state index in [-0.39, 0.29) is 11.8 Å². The van der Waals surface area contributed by atoms with Gasteiger partial charge in [0.2, 0.25) is 10.0 Å². The van der Waals surface area contributed by atoms with Crippen molar-refractivity contribution in [3.05, 3.63) is 39.8 Å². The first-order chi connectivity index (χ1) is 11.5. The molecule has 0 amide bonds. The smallest absolute Gasteiger partial charge is 0.211 e. The van der Waals surface area contributed by atoms with E-state index < -0.39 is 10.0 Å². The summed E-state index contributed by atoms with van der Waals surface area (Å²) in [5.41, 5.74) is 1.19. The molecule has 0 fully saturated rings. The number of fused-ring (bicyclic) bond motifs is 1. The highest BCUT2D eigenvalue weighted by Crippen LogP contribution is 2.26. The summed E-state index contributed by atoms with van der Waals surface area (Å²) in [6.07, 6.45) is 2.57. The van der Waals surface area contributed by atoms with Crippen LogP contribution in [-0.2, 0) is 23.1 Å². The van der Waals surface area contributed by atoms with Crippen molar-refractivity contribution in [2.24, 2.45) is 0 Å². The Morgan fingerprint density at radius 1 is 1.38 bits per heavy atom. The molecular formula is C16H24N4O2S2. The molecule has 132 valence electrons. The normalized spacial score (nSPS) is 18.7. The number of aryl methyl sites for hydroxylation is 1. The number of nitrogens with zero attached hydrogens (tertiary/aromatic N) is 3. The van der Waals surface area contributed by atoms with Gasteiger partial charge in [0.05, 0.1) is 17.5 Å². The predicted molar refractivity (Wildman–Crippen MR) is 96.5 cm³/mol. The fourth-order valence-electron chi connectivity index (χ4n) is 3.07. The van der Waals surface area contributed by atoms with E-state index in [9.17, 15) is 8.42 Å². The minimum Gasteiger partial charge on any atom is -0.290 e. The van der Waals surface area contributed by atoms with Crippen LogP contribution in [0.3, 0.4) is 0 Å². The van der Waals surface area contributed by atoms with Crippen LogP contribution in [0, 0.1) is 6.92 Å². The topological polar surface area (TPSA) is 67.2 Å². The van der Waals surface area contributed by atoms with Gasteiger partial charge in [-0.2, -0.15) is 5.10 Å². The van der Waals surface area contributed by atoms with Crippen LogP contribution in [0.1, 0.15) is 34.8 Å². The highest BCUT2D eigenvalue weighted by molar-refractivity contribution is 7.89. The molecule has 0 aliphatic carbocycles. The Labute approximate surface area is 147 Å². The molecule has 2 aromatic rings. The van der Waals surface area contributed by atoms with E-state index in [1.165, 1.54) is 15.4 Å². The number of aromatic nitrogens is 2. The molecular weight excluding hydrogens is 344 g/mol. The zero-order valence-electron chi connectivity index (χ0n) is 14.1. The molecule has 8 heteroatoms. The summed E-state index contributed by atoms with van der Waals surface area (Å²) in [6, 6.07) is 6.60. The van der Waals surface area contributed by atoms with Crippen LogP contribution in [-0.4, -0.2) is 41.9 Å². The molecule has 3 heterocycles. The second-order valence-corrected chi connectivity index (χ2v) is 9.66. The molecule has 1 aliphatic rings. The van der Waals surface area contributed by atoms with Crippen molar-refractivity contribution >= 4 is 21.4 Å². The molecule has 24 heavy (non-hydrogen) atoms. The lowest BCUT2D eigenvalue weighted by molar-refractivity contribution is 0.163. The monoisotopic (exact) mass is 368 g/mol. The molecule has 2 aromatic heterocycles. The first kappa shape index (κ1) is 17.6. The Kier molecular flexibility index (Phi) is 5.39. The molecule has 6 nitrogen and oxygen atoms in total. The standard InChI is InChI=1S/C16H24N4O2S2/c1-3-24(21,22)18-9-7-15-11-19(10-14-6-8-17-20(14)15)12-16-5-4-13(2)23-16/h4-6,8,15,18H,3,7,9-12H2,1-2H3/t15-/m0/s1. The second kappa shape index (κ2) is 7.35. The van der Waals surface area contributed by atoms with Gasteiger partial charge in [-0.1, -0.05) is 0 Å². The van der Waals surface area contributed by atoms with E-state index in [1.807, 2.05) is 17.5 Å². The SMILES string of the molecule is CCS(=O)(=O)NCC[C@H]1CN(Cc2ccc(C)s2)Cc2ccnn21. The van der Waals surface area contributed by atoms with Crippen LogP contribution >= 0.6 is 11.3 Å². The van der Waals surface area contributed by atoms with E-state index in [2.05, 4.69) is 44.5 Å². The van der Waals surface area contributed by atoms with Gasteiger partial charge >= 0.3 is 0 Å². The van der Waals surface area contributed by atoms with Gasteiger partial charge in [0.25, 0.3) is 0 Å². The Balaban J connectivity index is 1.65. The summed E-state index contributed by atoms with van der Waals surface area (Å²) >= 11 is 1.83. The average Bonchev–Trinajstić information content (AvgIpc) is 3.16. The van der Waals surface area contributed by atoms with Crippen molar-refractivity contribution in [3.63, 3.8) is 0 Å². The third kappa shape index (κ3) is 4.24. The molecule has 0 aromatic carbocycles. The third-order valence-corrected chi connectivity index (χ3v) is 6.70. The Bertz CT molecular complexity index is 782. The molecule has 0 saturated heterocycles. The molecule has 1 N–H and O–H groups in total. The number of sulfonamides is 1. The van der Waals surface area contributed by atoms with Crippen LogP contribution < -0.4 is 4.72 Å². The van der Waals surface area contributed by atoms with Gasteiger partial charge in [0.1, 0.15) is 0 Å². The van der Waals surface area contributed by atoms with Crippen LogP contribution in [0.4, 0.5) is 0 Å². The van der Waals surface area contributed by atoms with Gasteiger partial charge in [-0.3, -0.25) is 9.58 Å². The van der Waals surface area contributed by atoms with Gasteiger partial charge in [0, 0.05) is 42.1 Å². The van der Waals surface area contributed by atoms with Gasteiger partial charge < -0.3 is 0 Å². The number of rotatable bonds is 7. The number of hydrogen-bond acceptors (Lipinski definition) is 5. The molecule has 0 spiro atoms. The summed E-state index contributed by atoms with van der Waals surface area (Å²) < 4.78 is 27.9. The molecule has 3 rings (SSSR count). The largest absolute Gasteiger partial charge is 0.290 e. The van der Waals surface area contributed by atoms with Crippen LogP contribution in [0.15, 0.2) is 24.4 Å². The predicted octanol–water partition coefficient (Wildman–Crippen LogP) is 2.14. The van der Waals surface area contributed by atoms with Crippen LogP contribution in [0.2, 0.25) is 0 Å². The van der Waals surface area contributed by atoms with Gasteiger partial charge in [-0.25, -0.2) is 13.1 Å². The van der Waals surface area contributed by atoms with E-state index in [4.69, 9.17) is 0 Å². The molecule has 0 radical (unpaired) electrons. The van der Waals surface area contributed by atoms with Crippen molar-refractivity contribution in [3.8, 4) is 0 Å². The van der Waals surface area contributed by atoms with E-state index in [0.717, 1.165) is 26.1 Å². The summed E-state index contributed by atoms with van der Waals surface area (Å²) in [6.45, 7) is 6.93. The number of nitrogens with one attached hydrogen (secondary N) is 1. The van der Waals surface area contributed by atoms with Crippen molar-refractivity contribution in [1.29, 1.82) is 0 Å². The summed E-state index contributed by atoms with van der Waals surface area (Å²) in [5.74, 6) is 0.120. The van der Waals surface area contributed by atoms with Crippen molar-refractivity contribution in [2.45, 2.75) is 39.4 Å². The zero-order chi connectivity index (χ0) is 17.2. The van der Waals surface area contributed by atoms with Crippen molar-refractivity contribution in [2.75, 3.05) is 18.8 Å². The second-order valence-electron chi connectivity index (χ2n) is 6.19. The quantitative estimate of drug-likeness (QED) is 0.813. The van der Waals surface area contributed by atoms with E-state index >= 15 is 0 Å². The Morgan fingerprint density at radius 2 is 2.21 bits per heavy atom. The van der Waals surface area contributed by atoms with Crippen LogP contribution in [0.5, 0.6) is 0 Å². The van der Waals surface area contributed by atoms with Crippen molar-refractivity contribution in [1.82, 2.24) is 19.4 Å². The van der Waals surface area contributed by atoms with Gasteiger partial charge in [-0.05, 0) is 38.5 Å². The third-order valence-electron chi connectivity index (χ3n) is 4.31. The average molecular weight is 369 g/mol. The highest BCUT2D eigenvalue weighted by Gasteiger charge is 2.25. The lowest BCUT2D eigenvalue weighted by Crippen LogP contribution is -2.38. The Morgan fingerprint density at radius 3 is 2.92 bits per heavy atom. The Hall–Kier alpha value is -1.22. The highest BCUT2D eigenvalue weighted by atomic mass is 32.2. The summed E-state index contributed by atoms with van der Waals surface area (Å²) in [7, 11) is -3.14. The van der Waals surface area contributed by atoms with Crippen molar-refractivity contribution < 1.29 is 8.42 Å². The molecule has 1 aliphatic heterocycles. The zero-order valence-corrected chi connectivity index (χ0v) is 15.7. The fraction of sp³-hybridized carbons (Fsp3) is 0.562. The minimum absolute atomic E-state index is 0.120. The lowest BCUT2D eigenvalue weighted by atomic mass is 10.1. The minimum atomic E-state index is -3.14. The van der Waals surface area contributed by atoms with Gasteiger partial charge in [0.15, 0.2) is 0 Å². The van der Waals surface area contributed by atoms with E-state index in [1.54, 1.807) is 6.92 Å². The maximum Gasteiger partial charge on any atom is 0.211 e. The summed E-state index contributed by atoms with van der Waals surface area (Å²) in [5, 5.41) is 4.43. The summed E-state index contributed by atoms with van der Waals surface area (Å²) in [4.78, 5) is 5.12. The first-order valence-corrected chi connectivity index (χ1v) is 10.7. The number of hydrogen-bond donors (Lipinski definition) is 1. The fourth-order valence-corrected chi connectivity index (χ4v) is 4.64. The lowest BCUT2D eigenvalue weighted by Gasteiger charge is -2.33. The molecule has 0 unspecified atom stereocenters. The maximum absolute atomic E-state index is 11.6. The van der Waals surface area contributed by atoms with E-state index in [0.29, 0.717) is 6.54 Å². The van der Waals surface area contributed by atoms with Gasteiger partial charge in [-0.15, -0.1) is 11.3 Å².